The molecule has 114 valence electrons. The Labute approximate surface area is 116 Å². The maximum atomic E-state index is 11.7. The molecule has 0 aliphatic carbocycles. The number of aliphatic hydroxyl groups is 3. The molecule has 0 spiro atoms. The average Bonchev–Trinajstić information content (AvgIpc) is 2.89. The number of imidazole rings is 1. The van der Waals surface area contributed by atoms with Crippen LogP contribution in [-0.4, -0.2) is 59.8 Å². The van der Waals surface area contributed by atoms with E-state index in [2.05, 4.69) is 15.0 Å². The Bertz CT molecular complexity index is 741. The second kappa shape index (κ2) is 4.66. The molecule has 21 heavy (non-hydrogen) atoms. The molecule has 4 atom stereocenters. The van der Waals surface area contributed by atoms with E-state index in [0.717, 1.165) is 4.57 Å². The van der Waals surface area contributed by atoms with Crippen LogP contribution in [0.15, 0.2) is 4.79 Å². The van der Waals surface area contributed by atoms with Crippen LogP contribution in [-0.2, 0) is 4.74 Å². The van der Waals surface area contributed by atoms with Gasteiger partial charge in [-0.25, -0.2) is 4.98 Å². The molecular formula is C10H14N6O5. The number of aliphatic hydroxyl groups excluding tert-OH is 3. The van der Waals surface area contributed by atoms with Gasteiger partial charge >= 0.3 is 0 Å². The van der Waals surface area contributed by atoms with Gasteiger partial charge in [-0.05, 0) is 0 Å². The molecular weight excluding hydrogens is 284 g/mol. The van der Waals surface area contributed by atoms with Crippen molar-refractivity contribution in [2.24, 2.45) is 0 Å². The highest BCUT2D eigenvalue weighted by Crippen LogP contribution is 2.32. The number of anilines is 2. The molecule has 1 aliphatic rings. The summed E-state index contributed by atoms with van der Waals surface area (Å²) in [6.07, 6.45) is -4.81. The molecule has 1 aliphatic heterocycles. The van der Waals surface area contributed by atoms with Crippen molar-refractivity contribution in [1.82, 2.24) is 19.5 Å². The first kappa shape index (κ1) is 13.8. The summed E-state index contributed by atoms with van der Waals surface area (Å²) in [5.41, 5.74) is 10.6. The molecule has 2 aromatic rings. The minimum atomic E-state index is -1.37. The summed E-state index contributed by atoms with van der Waals surface area (Å²) in [6, 6.07) is 0. The first-order valence-electron chi connectivity index (χ1n) is 6.09. The molecule has 1 fully saturated rings. The Morgan fingerprint density at radius 1 is 1.29 bits per heavy atom. The third-order valence-corrected chi connectivity index (χ3v) is 3.37. The van der Waals surface area contributed by atoms with Crippen LogP contribution in [0, 0.1) is 0 Å². The normalized spacial score (nSPS) is 29.3. The quantitative estimate of drug-likeness (QED) is 0.334. The van der Waals surface area contributed by atoms with Crippen LogP contribution in [0.2, 0.25) is 0 Å². The molecule has 8 N–H and O–H groups in total. The van der Waals surface area contributed by atoms with Crippen molar-refractivity contribution < 1.29 is 20.1 Å². The Kier molecular flexibility index (Phi) is 3.06. The predicted octanol–water partition coefficient (Wildman–Crippen LogP) is -3.10. The van der Waals surface area contributed by atoms with Crippen molar-refractivity contribution in [2.45, 2.75) is 24.5 Å². The van der Waals surface area contributed by atoms with E-state index in [1.807, 2.05) is 0 Å². The van der Waals surface area contributed by atoms with Gasteiger partial charge in [-0.2, -0.15) is 4.98 Å². The number of fused-ring (bicyclic) bond motifs is 1. The van der Waals surface area contributed by atoms with Gasteiger partial charge in [0.1, 0.15) is 18.3 Å². The lowest BCUT2D eigenvalue weighted by molar-refractivity contribution is -0.0500. The van der Waals surface area contributed by atoms with E-state index in [1.165, 1.54) is 0 Å². The lowest BCUT2D eigenvalue weighted by Crippen LogP contribution is -2.33. The molecule has 2 aromatic heterocycles. The SMILES string of the molecule is Nc1nc2c(nc(N)n2[C@@H]2O[C@H](CO)[C@H](O)[C@@H]2O)c(=O)[nH]1. The monoisotopic (exact) mass is 298 g/mol. The topological polar surface area (TPSA) is 186 Å². The molecule has 0 unspecified atom stereocenters. The van der Waals surface area contributed by atoms with Gasteiger partial charge in [-0.15, -0.1) is 0 Å². The highest BCUT2D eigenvalue weighted by molar-refractivity contribution is 5.74. The highest BCUT2D eigenvalue weighted by atomic mass is 16.6. The van der Waals surface area contributed by atoms with Crippen LogP contribution in [0.3, 0.4) is 0 Å². The standard InChI is InChI=1S/C10H14N6O5/c11-9-14-6-3(7(20)15-9)13-10(12)16(6)8-5(19)4(18)2(1-17)21-8/h2,4-5,8,17-19H,1H2,(H2,12,13)(H3,11,14,15,20)/t2-,4+,5+,8-/m1/s1. The van der Waals surface area contributed by atoms with Crippen LogP contribution in [0.4, 0.5) is 11.9 Å². The molecule has 0 saturated carbocycles. The van der Waals surface area contributed by atoms with E-state index >= 15 is 0 Å². The molecule has 0 bridgehead atoms. The fourth-order valence-corrected chi connectivity index (χ4v) is 2.36. The van der Waals surface area contributed by atoms with E-state index in [0.29, 0.717) is 0 Å². The Morgan fingerprint density at radius 2 is 2.00 bits per heavy atom. The molecule has 0 aromatic carbocycles. The number of nitrogen functional groups attached to an aromatic ring is 2. The van der Waals surface area contributed by atoms with Crippen LogP contribution < -0.4 is 17.0 Å². The van der Waals surface area contributed by atoms with E-state index in [9.17, 15) is 15.0 Å². The number of H-pyrrole nitrogens is 1. The number of nitrogens with one attached hydrogen (secondary N) is 1. The van der Waals surface area contributed by atoms with E-state index in [-0.39, 0.29) is 23.1 Å². The van der Waals surface area contributed by atoms with Crippen LogP contribution in [0.25, 0.3) is 11.2 Å². The molecule has 11 nitrogen and oxygen atoms in total. The number of hydrogen-bond acceptors (Lipinski definition) is 9. The number of aromatic amines is 1. The average molecular weight is 298 g/mol. The number of nitrogens with zero attached hydrogens (tertiary/aromatic N) is 3. The zero-order valence-electron chi connectivity index (χ0n) is 10.7. The van der Waals surface area contributed by atoms with Crippen molar-refractivity contribution in [1.29, 1.82) is 0 Å². The van der Waals surface area contributed by atoms with Crippen molar-refractivity contribution in [3.63, 3.8) is 0 Å². The molecule has 1 saturated heterocycles. The maximum absolute atomic E-state index is 11.7. The zero-order chi connectivity index (χ0) is 15.3. The van der Waals surface area contributed by atoms with Crippen LogP contribution in [0.5, 0.6) is 0 Å². The second-order valence-electron chi connectivity index (χ2n) is 4.69. The fourth-order valence-electron chi connectivity index (χ4n) is 2.36. The second-order valence-corrected chi connectivity index (χ2v) is 4.69. The Hall–Kier alpha value is -2.21. The third kappa shape index (κ3) is 1.94. The van der Waals surface area contributed by atoms with Gasteiger partial charge in [0, 0.05) is 0 Å². The van der Waals surface area contributed by atoms with Gasteiger partial charge < -0.3 is 31.5 Å². The zero-order valence-corrected chi connectivity index (χ0v) is 10.7. The van der Waals surface area contributed by atoms with Crippen LogP contribution >= 0.6 is 0 Å². The van der Waals surface area contributed by atoms with Gasteiger partial charge in [-0.1, -0.05) is 0 Å². The molecule has 3 heterocycles. The summed E-state index contributed by atoms with van der Waals surface area (Å²) < 4.78 is 6.51. The number of aromatic nitrogens is 4. The van der Waals surface area contributed by atoms with Crippen molar-refractivity contribution >= 4 is 23.1 Å². The van der Waals surface area contributed by atoms with Gasteiger partial charge in [0.15, 0.2) is 17.4 Å². The summed E-state index contributed by atoms with van der Waals surface area (Å²) >= 11 is 0. The smallest absolute Gasteiger partial charge is 0.280 e. The molecule has 3 rings (SSSR count). The third-order valence-electron chi connectivity index (χ3n) is 3.37. The fraction of sp³-hybridized carbons (Fsp3) is 0.500. The molecule has 0 radical (unpaired) electrons. The number of ether oxygens (including phenoxy) is 1. The number of hydrogen-bond donors (Lipinski definition) is 6. The van der Waals surface area contributed by atoms with Gasteiger partial charge in [-0.3, -0.25) is 14.3 Å². The lowest BCUT2D eigenvalue weighted by atomic mass is 10.1. The van der Waals surface area contributed by atoms with E-state index in [4.69, 9.17) is 21.3 Å². The van der Waals surface area contributed by atoms with E-state index < -0.39 is 36.7 Å². The summed E-state index contributed by atoms with van der Waals surface area (Å²) in [4.78, 5) is 21.8. The van der Waals surface area contributed by atoms with Crippen molar-refractivity contribution in [3.8, 4) is 0 Å². The summed E-state index contributed by atoms with van der Waals surface area (Å²) in [5, 5.41) is 28.9. The summed E-state index contributed by atoms with van der Waals surface area (Å²) in [5.74, 6) is -0.288. The first-order chi connectivity index (χ1) is 9.93. The van der Waals surface area contributed by atoms with Crippen molar-refractivity contribution in [3.05, 3.63) is 10.4 Å². The largest absolute Gasteiger partial charge is 0.394 e. The summed E-state index contributed by atoms with van der Waals surface area (Å²) in [7, 11) is 0. The van der Waals surface area contributed by atoms with Crippen molar-refractivity contribution in [2.75, 3.05) is 18.1 Å². The predicted molar refractivity (Wildman–Crippen MR) is 70.0 cm³/mol. The lowest BCUT2D eigenvalue weighted by Gasteiger charge is -2.17. The maximum Gasteiger partial charge on any atom is 0.280 e. The molecule has 11 heteroatoms. The minimum absolute atomic E-state index is 0.0172. The van der Waals surface area contributed by atoms with Gasteiger partial charge in [0.2, 0.25) is 11.9 Å². The minimum Gasteiger partial charge on any atom is -0.394 e. The highest BCUT2D eigenvalue weighted by Gasteiger charge is 2.44. The van der Waals surface area contributed by atoms with E-state index in [1.54, 1.807) is 0 Å². The van der Waals surface area contributed by atoms with Gasteiger partial charge in [0.25, 0.3) is 5.56 Å². The van der Waals surface area contributed by atoms with Gasteiger partial charge in [0.05, 0.1) is 6.61 Å². The first-order valence-corrected chi connectivity index (χ1v) is 6.09. The Morgan fingerprint density at radius 3 is 2.62 bits per heavy atom. The number of nitrogens with two attached hydrogens (primary N) is 2. The Balaban J connectivity index is 2.17. The summed E-state index contributed by atoms with van der Waals surface area (Å²) in [6.45, 7) is -0.489. The van der Waals surface area contributed by atoms with Crippen LogP contribution in [0.1, 0.15) is 6.23 Å². The number of rotatable bonds is 2. The molecule has 0 amide bonds.